The molecule has 0 saturated carbocycles. The predicted molar refractivity (Wildman–Crippen MR) is 70.9 cm³/mol. The molecule has 0 bridgehead atoms. The van der Waals surface area contributed by atoms with E-state index in [-0.39, 0.29) is 17.9 Å². The molecule has 0 heterocycles. The number of carbonyl (C=O) groups excluding carboxylic acids is 2. The van der Waals surface area contributed by atoms with Gasteiger partial charge in [-0.05, 0) is 41.9 Å². The van der Waals surface area contributed by atoms with E-state index in [1.165, 1.54) is 19.1 Å². The van der Waals surface area contributed by atoms with Crippen molar-refractivity contribution in [1.29, 1.82) is 0 Å². The molecule has 0 saturated heterocycles. The van der Waals surface area contributed by atoms with Gasteiger partial charge in [-0.25, -0.2) is 0 Å². The number of Topliss-reactive ketones (excluding diaryl/α,β-unsaturated/α-hetero) is 1. The Labute approximate surface area is 118 Å². The first-order chi connectivity index (χ1) is 8.38. The molecule has 1 N–H and O–H groups in total. The molecule has 98 valence electrons. The standard InChI is InChI=1S/C12H12BrClO4/c1-3-18-12(17)10(6(2)15)8-4-7(14)5-9(13)11(8)16/h4-5,10,16H,3H2,1-2H3. The summed E-state index contributed by atoms with van der Waals surface area (Å²) >= 11 is 8.95. The third-order valence-electron chi connectivity index (χ3n) is 2.30. The second kappa shape index (κ2) is 6.20. The van der Waals surface area contributed by atoms with Gasteiger partial charge in [-0.15, -0.1) is 0 Å². The van der Waals surface area contributed by atoms with Gasteiger partial charge in [-0.2, -0.15) is 0 Å². The van der Waals surface area contributed by atoms with Crippen LogP contribution in [0.15, 0.2) is 16.6 Å². The lowest BCUT2D eigenvalue weighted by atomic mass is 9.94. The molecule has 0 aliphatic heterocycles. The average Bonchev–Trinajstić information content (AvgIpc) is 2.25. The number of ketones is 1. The van der Waals surface area contributed by atoms with Crippen LogP contribution in [-0.2, 0) is 14.3 Å². The minimum atomic E-state index is -1.17. The van der Waals surface area contributed by atoms with Crippen LogP contribution in [0.4, 0.5) is 0 Å². The second-order valence-corrected chi connectivity index (χ2v) is 4.91. The van der Waals surface area contributed by atoms with Crippen molar-refractivity contribution in [3.63, 3.8) is 0 Å². The Morgan fingerprint density at radius 2 is 2.11 bits per heavy atom. The smallest absolute Gasteiger partial charge is 0.321 e. The first-order valence-electron chi connectivity index (χ1n) is 5.23. The minimum absolute atomic E-state index is 0.139. The largest absolute Gasteiger partial charge is 0.506 e. The SMILES string of the molecule is CCOC(=O)C(C(C)=O)c1cc(Cl)cc(Br)c1O. The van der Waals surface area contributed by atoms with E-state index in [9.17, 15) is 14.7 Å². The van der Waals surface area contributed by atoms with Crippen LogP contribution < -0.4 is 0 Å². The number of phenols is 1. The Balaban J connectivity index is 3.30. The Kier molecular flexibility index (Phi) is 5.16. The number of hydrogen-bond acceptors (Lipinski definition) is 4. The van der Waals surface area contributed by atoms with Crippen molar-refractivity contribution >= 4 is 39.3 Å². The molecule has 0 aromatic heterocycles. The molecule has 0 spiro atoms. The van der Waals surface area contributed by atoms with E-state index >= 15 is 0 Å². The molecule has 1 unspecified atom stereocenters. The zero-order valence-electron chi connectivity index (χ0n) is 9.87. The fourth-order valence-electron chi connectivity index (χ4n) is 1.54. The van der Waals surface area contributed by atoms with Crippen LogP contribution in [0.1, 0.15) is 25.3 Å². The fourth-order valence-corrected chi connectivity index (χ4v) is 2.38. The lowest BCUT2D eigenvalue weighted by molar-refractivity contribution is -0.147. The highest BCUT2D eigenvalue weighted by Gasteiger charge is 2.30. The van der Waals surface area contributed by atoms with Gasteiger partial charge in [0.2, 0.25) is 0 Å². The van der Waals surface area contributed by atoms with Gasteiger partial charge < -0.3 is 9.84 Å². The monoisotopic (exact) mass is 334 g/mol. The highest BCUT2D eigenvalue weighted by molar-refractivity contribution is 9.10. The number of aromatic hydroxyl groups is 1. The summed E-state index contributed by atoms with van der Waals surface area (Å²) in [5, 5.41) is 10.2. The summed E-state index contributed by atoms with van der Waals surface area (Å²) in [6.07, 6.45) is 0. The van der Waals surface area contributed by atoms with Gasteiger partial charge >= 0.3 is 5.97 Å². The lowest BCUT2D eigenvalue weighted by Crippen LogP contribution is -2.22. The summed E-state index contributed by atoms with van der Waals surface area (Å²) in [4.78, 5) is 23.3. The average molecular weight is 336 g/mol. The van der Waals surface area contributed by atoms with Crippen molar-refractivity contribution in [2.75, 3.05) is 6.61 Å². The minimum Gasteiger partial charge on any atom is -0.506 e. The summed E-state index contributed by atoms with van der Waals surface area (Å²) < 4.78 is 5.15. The molecule has 1 aromatic rings. The zero-order chi connectivity index (χ0) is 13.9. The fraction of sp³-hybridized carbons (Fsp3) is 0.333. The van der Waals surface area contributed by atoms with Crippen LogP contribution in [-0.4, -0.2) is 23.5 Å². The summed E-state index contributed by atoms with van der Waals surface area (Å²) in [6, 6.07) is 2.85. The Morgan fingerprint density at radius 3 is 2.61 bits per heavy atom. The van der Waals surface area contributed by atoms with Gasteiger partial charge in [-0.3, -0.25) is 9.59 Å². The number of halogens is 2. The highest BCUT2D eigenvalue weighted by Crippen LogP contribution is 2.36. The molecular formula is C12H12BrClO4. The molecule has 1 aromatic carbocycles. The van der Waals surface area contributed by atoms with Gasteiger partial charge in [0.15, 0.2) is 0 Å². The van der Waals surface area contributed by atoms with E-state index < -0.39 is 17.7 Å². The van der Waals surface area contributed by atoms with E-state index in [0.717, 1.165) is 0 Å². The van der Waals surface area contributed by atoms with Crippen molar-refractivity contribution in [2.24, 2.45) is 0 Å². The van der Waals surface area contributed by atoms with Crippen LogP contribution in [0, 0.1) is 0 Å². The van der Waals surface area contributed by atoms with E-state index in [4.69, 9.17) is 16.3 Å². The third kappa shape index (κ3) is 3.23. The van der Waals surface area contributed by atoms with E-state index in [1.807, 2.05) is 0 Å². The molecular weight excluding hydrogens is 323 g/mol. The van der Waals surface area contributed by atoms with Gasteiger partial charge in [0.25, 0.3) is 0 Å². The molecule has 0 aliphatic rings. The molecule has 4 nitrogen and oxygen atoms in total. The number of ether oxygens (including phenoxy) is 1. The van der Waals surface area contributed by atoms with Crippen LogP contribution in [0.25, 0.3) is 0 Å². The summed E-state index contributed by atoms with van der Waals surface area (Å²) in [7, 11) is 0. The number of phenolic OH excluding ortho intramolecular Hbond substituents is 1. The van der Waals surface area contributed by atoms with E-state index in [2.05, 4.69) is 15.9 Å². The van der Waals surface area contributed by atoms with Crippen molar-refractivity contribution < 1.29 is 19.4 Å². The quantitative estimate of drug-likeness (QED) is 0.678. The summed E-state index contributed by atoms with van der Waals surface area (Å²) in [6.45, 7) is 3.06. The number of rotatable bonds is 4. The number of carbonyl (C=O) groups is 2. The molecule has 0 fully saturated rings. The first kappa shape index (κ1) is 15.0. The Bertz CT molecular complexity index is 487. The molecule has 6 heteroatoms. The van der Waals surface area contributed by atoms with Crippen molar-refractivity contribution in [1.82, 2.24) is 0 Å². The van der Waals surface area contributed by atoms with E-state index in [1.54, 1.807) is 6.92 Å². The molecule has 1 atom stereocenters. The highest BCUT2D eigenvalue weighted by atomic mass is 79.9. The maximum Gasteiger partial charge on any atom is 0.321 e. The van der Waals surface area contributed by atoms with Crippen LogP contribution in [0.2, 0.25) is 5.02 Å². The second-order valence-electron chi connectivity index (χ2n) is 3.62. The molecule has 1 rings (SSSR count). The van der Waals surface area contributed by atoms with E-state index in [0.29, 0.717) is 9.50 Å². The first-order valence-corrected chi connectivity index (χ1v) is 6.40. The lowest BCUT2D eigenvalue weighted by Gasteiger charge is -2.15. The predicted octanol–water partition coefficient (Wildman–Crippen LogP) is 3.04. The zero-order valence-corrected chi connectivity index (χ0v) is 12.2. The molecule has 0 amide bonds. The van der Waals surface area contributed by atoms with Crippen LogP contribution in [0.5, 0.6) is 5.75 Å². The van der Waals surface area contributed by atoms with Crippen molar-refractivity contribution in [2.45, 2.75) is 19.8 Å². The van der Waals surface area contributed by atoms with Gasteiger partial charge in [0.05, 0.1) is 11.1 Å². The summed E-state index contributed by atoms with van der Waals surface area (Å²) in [5.41, 5.74) is 0.139. The number of benzene rings is 1. The summed E-state index contributed by atoms with van der Waals surface area (Å²) in [5.74, 6) is -2.47. The topological polar surface area (TPSA) is 63.6 Å². The molecule has 18 heavy (non-hydrogen) atoms. The van der Waals surface area contributed by atoms with Crippen molar-refractivity contribution in [3.05, 3.63) is 27.2 Å². The maximum atomic E-state index is 11.7. The third-order valence-corrected chi connectivity index (χ3v) is 3.12. The molecule has 0 radical (unpaired) electrons. The van der Waals surface area contributed by atoms with Crippen LogP contribution >= 0.6 is 27.5 Å². The number of esters is 1. The normalized spacial score (nSPS) is 12.0. The van der Waals surface area contributed by atoms with Gasteiger partial charge in [-0.1, -0.05) is 11.6 Å². The number of hydrogen-bond donors (Lipinski definition) is 1. The van der Waals surface area contributed by atoms with Gasteiger partial charge in [0, 0.05) is 10.6 Å². The maximum absolute atomic E-state index is 11.7. The van der Waals surface area contributed by atoms with Crippen LogP contribution in [0.3, 0.4) is 0 Å². The Hall–Kier alpha value is -1.07. The van der Waals surface area contributed by atoms with Gasteiger partial charge in [0.1, 0.15) is 17.5 Å². The van der Waals surface area contributed by atoms with Crippen molar-refractivity contribution in [3.8, 4) is 5.75 Å². The molecule has 0 aliphatic carbocycles. The Morgan fingerprint density at radius 1 is 1.50 bits per heavy atom.